The van der Waals surface area contributed by atoms with Crippen LogP contribution in [0.1, 0.15) is 34.3 Å². The van der Waals surface area contributed by atoms with E-state index in [4.69, 9.17) is 0 Å². The van der Waals surface area contributed by atoms with Gasteiger partial charge in [0.25, 0.3) is 5.91 Å². The minimum absolute atomic E-state index is 0.0651. The quantitative estimate of drug-likeness (QED) is 0.781. The van der Waals surface area contributed by atoms with Crippen LogP contribution >= 0.6 is 0 Å². The van der Waals surface area contributed by atoms with Crippen LogP contribution in [0, 0.1) is 6.92 Å². The summed E-state index contributed by atoms with van der Waals surface area (Å²) in [6.45, 7) is 7.11. The van der Waals surface area contributed by atoms with Gasteiger partial charge in [-0.25, -0.2) is 8.42 Å². The van der Waals surface area contributed by atoms with Gasteiger partial charge in [-0.1, -0.05) is 36.4 Å². The van der Waals surface area contributed by atoms with Gasteiger partial charge in [-0.2, -0.15) is 4.31 Å². The number of piperazine rings is 1. The van der Waals surface area contributed by atoms with Crippen LogP contribution in [0.5, 0.6) is 0 Å². The molecule has 2 aliphatic heterocycles. The predicted molar refractivity (Wildman–Crippen MR) is 116 cm³/mol. The first-order chi connectivity index (χ1) is 14.4. The fourth-order valence-corrected chi connectivity index (χ4v) is 5.87. The molecule has 1 amide bonds. The third kappa shape index (κ3) is 4.43. The highest BCUT2D eigenvalue weighted by Crippen LogP contribution is 2.23. The average Bonchev–Trinajstić information content (AvgIpc) is 3.31. The number of sulfonamides is 1. The van der Waals surface area contributed by atoms with Gasteiger partial charge < -0.3 is 9.80 Å². The highest BCUT2D eigenvalue weighted by Gasteiger charge is 2.30. The smallest absolute Gasteiger partial charge is 0.254 e. The summed E-state index contributed by atoms with van der Waals surface area (Å²) in [6, 6.07) is 15.4. The van der Waals surface area contributed by atoms with Crippen molar-refractivity contribution in [2.24, 2.45) is 0 Å². The predicted octanol–water partition coefficient (Wildman–Crippen LogP) is 1.32. The van der Waals surface area contributed by atoms with Crippen molar-refractivity contribution >= 4 is 15.9 Å². The lowest BCUT2D eigenvalue weighted by Gasteiger charge is -2.32. The Hall–Kier alpha value is -2.22. The zero-order valence-corrected chi connectivity index (χ0v) is 18.3. The number of carbonyl (C=O) groups is 1. The highest BCUT2D eigenvalue weighted by molar-refractivity contribution is 7.89. The molecule has 2 saturated heterocycles. The lowest BCUT2D eigenvalue weighted by atomic mass is 10.1. The monoisotopic (exact) mass is 428 g/mol. The number of hydrogen-bond acceptors (Lipinski definition) is 3. The summed E-state index contributed by atoms with van der Waals surface area (Å²) >= 11 is 0. The van der Waals surface area contributed by atoms with Gasteiger partial charge in [0, 0.05) is 24.2 Å². The van der Waals surface area contributed by atoms with Gasteiger partial charge >= 0.3 is 0 Å². The van der Waals surface area contributed by atoms with Gasteiger partial charge in [0.2, 0.25) is 10.0 Å². The minimum Gasteiger partial charge on any atom is -0.328 e. The van der Waals surface area contributed by atoms with E-state index in [1.165, 1.54) is 14.8 Å². The van der Waals surface area contributed by atoms with Gasteiger partial charge in [0.1, 0.15) is 6.54 Å². The van der Waals surface area contributed by atoms with Crippen molar-refractivity contribution < 1.29 is 18.1 Å². The normalized spacial score (nSPS) is 18.6. The molecule has 7 heteroatoms. The molecule has 2 fully saturated rings. The van der Waals surface area contributed by atoms with Crippen LogP contribution in [-0.2, 0) is 16.6 Å². The Bertz CT molecular complexity index is 994. The summed E-state index contributed by atoms with van der Waals surface area (Å²) in [6.07, 6.45) is 1.79. The summed E-state index contributed by atoms with van der Waals surface area (Å²) < 4.78 is 27.3. The maximum atomic E-state index is 13.2. The molecule has 30 heavy (non-hydrogen) atoms. The molecule has 2 aliphatic rings. The van der Waals surface area contributed by atoms with Crippen molar-refractivity contribution in [3.8, 4) is 0 Å². The second kappa shape index (κ2) is 8.88. The topological polar surface area (TPSA) is 62.1 Å². The van der Waals surface area contributed by atoms with E-state index in [-0.39, 0.29) is 10.8 Å². The third-order valence-corrected chi connectivity index (χ3v) is 8.09. The van der Waals surface area contributed by atoms with Crippen molar-refractivity contribution in [3.63, 3.8) is 0 Å². The van der Waals surface area contributed by atoms with Gasteiger partial charge in [-0.15, -0.1) is 0 Å². The van der Waals surface area contributed by atoms with Gasteiger partial charge in [-0.3, -0.25) is 4.79 Å². The van der Waals surface area contributed by atoms with Crippen LogP contribution in [-0.4, -0.2) is 62.8 Å². The molecule has 6 nitrogen and oxygen atoms in total. The molecule has 160 valence electrons. The number of carbonyl (C=O) groups excluding carboxylic acids is 1. The Labute approximate surface area is 179 Å². The molecule has 0 unspecified atom stereocenters. The van der Waals surface area contributed by atoms with Crippen LogP contribution in [0.15, 0.2) is 53.4 Å². The maximum Gasteiger partial charge on any atom is 0.254 e. The summed E-state index contributed by atoms with van der Waals surface area (Å²) in [5.41, 5.74) is 2.63. The average molecular weight is 429 g/mol. The first-order valence-corrected chi connectivity index (χ1v) is 12.2. The number of amides is 1. The lowest BCUT2D eigenvalue weighted by Crippen LogP contribution is -3.13. The van der Waals surface area contributed by atoms with Crippen molar-refractivity contribution in [1.82, 2.24) is 9.21 Å². The molecule has 2 aromatic carbocycles. The molecule has 1 N–H and O–H groups in total. The number of hydrogen-bond donors (Lipinski definition) is 1. The Balaban J connectivity index is 1.45. The van der Waals surface area contributed by atoms with E-state index in [0.29, 0.717) is 31.7 Å². The van der Waals surface area contributed by atoms with E-state index in [0.717, 1.165) is 38.0 Å². The molecule has 2 heterocycles. The SMILES string of the molecule is Cc1ccc(S(=O)(=O)N2CCCC2)cc1C(=O)N1CC[NH+](Cc2ccccc2)CC1. The summed E-state index contributed by atoms with van der Waals surface area (Å²) in [5, 5.41) is 0. The van der Waals surface area contributed by atoms with Crippen molar-refractivity contribution in [1.29, 1.82) is 0 Å². The highest BCUT2D eigenvalue weighted by atomic mass is 32.2. The Morgan fingerprint density at radius 3 is 2.30 bits per heavy atom. The van der Waals surface area contributed by atoms with E-state index in [1.807, 2.05) is 17.9 Å². The molecular formula is C23H30N3O3S+. The molecule has 2 aromatic rings. The van der Waals surface area contributed by atoms with Crippen LogP contribution < -0.4 is 4.90 Å². The molecule has 0 radical (unpaired) electrons. The summed E-state index contributed by atoms with van der Waals surface area (Å²) in [5.74, 6) is -0.0651. The maximum absolute atomic E-state index is 13.2. The molecule has 0 aromatic heterocycles. The molecule has 0 atom stereocenters. The van der Waals surface area contributed by atoms with E-state index in [9.17, 15) is 13.2 Å². The molecule has 0 spiro atoms. The number of benzene rings is 2. The second-order valence-corrected chi connectivity index (χ2v) is 10.2. The van der Waals surface area contributed by atoms with Crippen molar-refractivity contribution in [3.05, 3.63) is 65.2 Å². The van der Waals surface area contributed by atoms with Crippen molar-refractivity contribution in [2.75, 3.05) is 39.3 Å². The molecular weight excluding hydrogens is 398 g/mol. The third-order valence-electron chi connectivity index (χ3n) is 6.20. The van der Waals surface area contributed by atoms with Crippen molar-refractivity contribution in [2.45, 2.75) is 31.2 Å². The largest absolute Gasteiger partial charge is 0.328 e. The summed E-state index contributed by atoms with van der Waals surface area (Å²) in [7, 11) is -3.53. The van der Waals surface area contributed by atoms with E-state index in [2.05, 4.69) is 24.3 Å². The number of rotatable bonds is 5. The van der Waals surface area contributed by atoms with E-state index in [1.54, 1.807) is 18.2 Å². The van der Waals surface area contributed by atoms with E-state index >= 15 is 0 Å². The molecule has 4 rings (SSSR count). The standard InChI is InChI=1S/C23H29N3O3S/c1-19-9-10-21(30(28,29)26-11-5-6-12-26)17-22(19)23(27)25-15-13-24(14-16-25)18-20-7-3-2-4-8-20/h2-4,7-10,17H,5-6,11-16,18H2,1H3/p+1. The second-order valence-electron chi connectivity index (χ2n) is 8.29. The van der Waals surface area contributed by atoms with E-state index < -0.39 is 10.0 Å². The summed E-state index contributed by atoms with van der Waals surface area (Å²) in [4.78, 5) is 16.8. The number of nitrogens with one attached hydrogen (secondary N) is 1. The Morgan fingerprint density at radius 2 is 1.63 bits per heavy atom. The van der Waals surface area contributed by atoms with Gasteiger partial charge in [0.15, 0.2) is 0 Å². The minimum atomic E-state index is -3.53. The molecule has 0 bridgehead atoms. The van der Waals surface area contributed by atoms with Crippen LogP contribution in [0.3, 0.4) is 0 Å². The zero-order chi connectivity index (χ0) is 21.1. The molecule has 0 aliphatic carbocycles. The Morgan fingerprint density at radius 1 is 0.967 bits per heavy atom. The number of aryl methyl sites for hydroxylation is 1. The Kier molecular flexibility index (Phi) is 6.22. The molecule has 0 saturated carbocycles. The van der Waals surface area contributed by atoms with Gasteiger partial charge in [0.05, 0.1) is 31.1 Å². The fourth-order valence-electron chi connectivity index (χ4n) is 4.33. The number of nitrogens with zero attached hydrogens (tertiary/aromatic N) is 2. The first-order valence-electron chi connectivity index (χ1n) is 10.7. The van der Waals surface area contributed by atoms with Crippen LogP contribution in [0.4, 0.5) is 0 Å². The van der Waals surface area contributed by atoms with Crippen LogP contribution in [0.25, 0.3) is 0 Å². The first kappa shape index (κ1) is 21.0. The zero-order valence-electron chi connectivity index (χ0n) is 17.5. The fraction of sp³-hybridized carbons (Fsp3) is 0.435. The lowest BCUT2D eigenvalue weighted by molar-refractivity contribution is -0.917. The number of quaternary nitrogens is 1. The van der Waals surface area contributed by atoms with Gasteiger partial charge in [-0.05, 0) is 37.5 Å². The van der Waals surface area contributed by atoms with Crippen LogP contribution in [0.2, 0.25) is 0 Å².